The van der Waals surface area contributed by atoms with Crippen LogP contribution in [0.25, 0.3) is 0 Å². The largest absolute Gasteiger partial charge is 0.494 e. The Hall–Kier alpha value is -4.93. The number of esters is 1. The lowest BCUT2D eigenvalue weighted by Gasteiger charge is -2.25. The van der Waals surface area contributed by atoms with Crippen molar-refractivity contribution in [3.8, 4) is 5.75 Å². The third-order valence-electron chi connectivity index (χ3n) is 8.04. The van der Waals surface area contributed by atoms with Crippen molar-refractivity contribution < 1.29 is 19.2 Å². The Morgan fingerprint density at radius 1 is 0.796 bits per heavy atom. The lowest BCUT2D eigenvalue weighted by atomic mass is 10.1. The normalized spacial score (nSPS) is 11.3. The summed E-state index contributed by atoms with van der Waals surface area (Å²) in [6.45, 7) is 11.2. The molecule has 3 aromatic carbocycles. The molecule has 3 aromatic rings. The van der Waals surface area contributed by atoms with Gasteiger partial charge in [-0.05, 0) is 68.3 Å². The zero-order valence-corrected chi connectivity index (χ0v) is 29.4. The minimum absolute atomic E-state index is 0.00979. The Kier molecular flexibility index (Phi) is 16.6. The van der Waals surface area contributed by atoms with Gasteiger partial charge in [0.25, 0.3) is 5.69 Å². The molecule has 11 heteroatoms. The highest BCUT2D eigenvalue weighted by Crippen LogP contribution is 2.36. The molecule has 0 saturated heterocycles. The fourth-order valence-corrected chi connectivity index (χ4v) is 5.14. The van der Waals surface area contributed by atoms with Crippen LogP contribution in [0, 0.1) is 17.0 Å². The standard InChI is InChI=1S/C38H50N6O5/c1-6-7-8-9-10-11-12-13-14-15-24-43(25-26-49-38(45)29(2)3)33-20-16-31(17-21-33)40-42-36-27-30(4)35(28-37(36)48-5)41-39-32-18-22-34(23-19-32)44(46)47/h16-23,27-28H,2,6-15,24-26H2,1,3-5H3. The predicted molar refractivity (Wildman–Crippen MR) is 195 cm³/mol. The average Bonchev–Trinajstić information content (AvgIpc) is 3.10. The number of carbonyl (C=O) groups is 1. The first kappa shape index (κ1) is 38.5. The Bertz CT molecular complexity index is 1550. The van der Waals surface area contributed by atoms with Gasteiger partial charge in [-0.3, -0.25) is 10.1 Å². The Balaban J connectivity index is 1.62. The van der Waals surface area contributed by atoms with Crippen LogP contribution in [0.4, 0.5) is 34.1 Å². The highest BCUT2D eigenvalue weighted by molar-refractivity contribution is 5.86. The van der Waals surface area contributed by atoms with E-state index < -0.39 is 4.92 Å². The molecule has 0 aliphatic rings. The van der Waals surface area contributed by atoms with Crippen LogP contribution in [0.5, 0.6) is 5.75 Å². The molecule has 0 aromatic heterocycles. The van der Waals surface area contributed by atoms with E-state index in [0.29, 0.717) is 40.6 Å². The molecule has 0 bridgehead atoms. The van der Waals surface area contributed by atoms with E-state index in [1.165, 1.54) is 82.1 Å². The van der Waals surface area contributed by atoms with Gasteiger partial charge in [-0.15, -0.1) is 5.11 Å². The van der Waals surface area contributed by atoms with E-state index in [0.717, 1.165) is 24.2 Å². The van der Waals surface area contributed by atoms with Gasteiger partial charge in [0.05, 0.1) is 35.6 Å². The van der Waals surface area contributed by atoms with Crippen LogP contribution in [0.3, 0.4) is 0 Å². The van der Waals surface area contributed by atoms with Gasteiger partial charge in [0.2, 0.25) is 0 Å². The van der Waals surface area contributed by atoms with Gasteiger partial charge < -0.3 is 14.4 Å². The summed E-state index contributed by atoms with van der Waals surface area (Å²) in [6, 6.07) is 17.2. The van der Waals surface area contributed by atoms with Crippen molar-refractivity contribution in [3.63, 3.8) is 0 Å². The summed E-state index contributed by atoms with van der Waals surface area (Å²) in [4.78, 5) is 24.6. The summed E-state index contributed by atoms with van der Waals surface area (Å²) < 4.78 is 10.9. The number of ether oxygens (including phenoxy) is 2. The summed E-state index contributed by atoms with van der Waals surface area (Å²) in [6.07, 6.45) is 12.7. The number of nitro benzene ring substituents is 1. The maximum Gasteiger partial charge on any atom is 0.333 e. The zero-order valence-electron chi connectivity index (χ0n) is 29.4. The van der Waals surface area contributed by atoms with Crippen molar-refractivity contribution in [3.05, 3.63) is 88.5 Å². The number of azo groups is 2. The van der Waals surface area contributed by atoms with E-state index in [1.54, 1.807) is 20.1 Å². The number of rotatable bonds is 22. The van der Waals surface area contributed by atoms with Crippen LogP contribution >= 0.6 is 0 Å². The molecule has 0 fully saturated rings. The monoisotopic (exact) mass is 670 g/mol. The summed E-state index contributed by atoms with van der Waals surface area (Å²) in [5, 5.41) is 28.3. The number of nitrogens with zero attached hydrogens (tertiary/aromatic N) is 6. The molecule has 0 spiro atoms. The zero-order chi connectivity index (χ0) is 35.4. The third kappa shape index (κ3) is 13.6. The van der Waals surface area contributed by atoms with Crippen LogP contribution in [0.1, 0.15) is 83.6 Å². The van der Waals surface area contributed by atoms with E-state index in [4.69, 9.17) is 9.47 Å². The van der Waals surface area contributed by atoms with Crippen LogP contribution in [-0.2, 0) is 9.53 Å². The molecule has 262 valence electrons. The quantitative estimate of drug-likeness (QED) is 0.0261. The predicted octanol–water partition coefficient (Wildman–Crippen LogP) is 11.6. The SMILES string of the molecule is C=C(C)C(=O)OCCN(CCCCCCCCCCCC)c1ccc(N=Nc2cc(C)c(N=Nc3ccc([N+](=O)[O-])cc3)cc2OC)cc1. The second-order valence-corrected chi connectivity index (χ2v) is 12.1. The lowest BCUT2D eigenvalue weighted by Crippen LogP contribution is -2.29. The molecular weight excluding hydrogens is 620 g/mol. The van der Waals surface area contributed by atoms with Crippen molar-refractivity contribution in [2.45, 2.75) is 85.0 Å². The molecule has 0 radical (unpaired) electrons. The van der Waals surface area contributed by atoms with Gasteiger partial charge in [-0.1, -0.05) is 71.3 Å². The van der Waals surface area contributed by atoms with Crippen LogP contribution in [0.2, 0.25) is 0 Å². The van der Waals surface area contributed by atoms with Crippen molar-refractivity contribution >= 4 is 40.1 Å². The molecule has 11 nitrogen and oxygen atoms in total. The molecule has 0 aliphatic heterocycles. The van der Waals surface area contributed by atoms with Crippen molar-refractivity contribution in [2.75, 3.05) is 31.7 Å². The molecule has 0 amide bonds. The molecule has 0 saturated carbocycles. The Morgan fingerprint density at radius 3 is 1.90 bits per heavy atom. The molecule has 3 rings (SSSR count). The molecule has 49 heavy (non-hydrogen) atoms. The number of hydrogen-bond donors (Lipinski definition) is 0. The van der Waals surface area contributed by atoms with Gasteiger partial charge in [0.15, 0.2) is 0 Å². The van der Waals surface area contributed by atoms with E-state index in [-0.39, 0.29) is 18.3 Å². The Morgan fingerprint density at radius 2 is 1.35 bits per heavy atom. The Labute approximate surface area is 290 Å². The van der Waals surface area contributed by atoms with E-state index >= 15 is 0 Å². The van der Waals surface area contributed by atoms with Crippen LogP contribution < -0.4 is 9.64 Å². The smallest absolute Gasteiger partial charge is 0.333 e. The number of benzene rings is 3. The van der Waals surface area contributed by atoms with Gasteiger partial charge >= 0.3 is 5.97 Å². The summed E-state index contributed by atoms with van der Waals surface area (Å²) in [7, 11) is 1.55. The van der Waals surface area contributed by atoms with Gasteiger partial charge in [-0.2, -0.15) is 15.3 Å². The van der Waals surface area contributed by atoms with Gasteiger partial charge in [0, 0.05) is 36.0 Å². The third-order valence-corrected chi connectivity index (χ3v) is 8.04. The minimum Gasteiger partial charge on any atom is -0.494 e. The fraction of sp³-hybridized carbons (Fsp3) is 0.447. The van der Waals surface area contributed by atoms with E-state index in [1.807, 2.05) is 37.3 Å². The van der Waals surface area contributed by atoms with Crippen LogP contribution in [0.15, 0.2) is 93.3 Å². The number of unbranched alkanes of at least 4 members (excludes halogenated alkanes) is 9. The molecule has 0 heterocycles. The molecular formula is C38H50N6O5. The van der Waals surface area contributed by atoms with E-state index in [2.05, 4.69) is 38.9 Å². The number of non-ortho nitro benzene ring substituents is 1. The molecule has 0 aliphatic carbocycles. The van der Waals surface area contributed by atoms with Crippen LogP contribution in [-0.4, -0.2) is 37.7 Å². The number of carbonyl (C=O) groups excluding carboxylic acids is 1. The number of hydrogen-bond acceptors (Lipinski definition) is 10. The number of nitro groups is 1. The van der Waals surface area contributed by atoms with Gasteiger partial charge in [-0.25, -0.2) is 4.79 Å². The number of methoxy groups -OCH3 is 1. The summed E-state index contributed by atoms with van der Waals surface area (Å²) >= 11 is 0. The number of anilines is 1. The molecule has 0 N–H and O–H groups in total. The van der Waals surface area contributed by atoms with Crippen molar-refractivity contribution in [1.82, 2.24) is 0 Å². The maximum absolute atomic E-state index is 11.9. The second kappa shape index (κ2) is 21.1. The lowest BCUT2D eigenvalue weighted by molar-refractivity contribution is -0.384. The minimum atomic E-state index is -0.459. The average molecular weight is 671 g/mol. The first-order valence-electron chi connectivity index (χ1n) is 17.2. The molecule has 0 unspecified atom stereocenters. The first-order valence-corrected chi connectivity index (χ1v) is 17.2. The summed E-state index contributed by atoms with van der Waals surface area (Å²) in [5.41, 5.74) is 4.51. The van der Waals surface area contributed by atoms with E-state index in [9.17, 15) is 14.9 Å². The summed E-state index contributed by atoms with van der Waals surface area (Å²) in [5.74, 6) is 0.108. The van der Waals surface area contributed by atoms with Crippen molar-refractivity contribution in [1.29, 1.82) is 0 Å². The molecule has 0 atom stereocenters. The fourth-order valence-electron chi connectivity index (χ4n) is 5.14. The van der Waals surface area contributed by atoms with Gasteiger partial charge in [0.1, 0.15) is 18.0 Å². The highest BCUT2D eigenvalue weighted by Gasteiger charge is 2.11. The first-order chi connectivity index (χ1) is 23.7. The van der Waals surface area contributed by atoms with Crippen molar-refractivity contribution in [2.24, 2.45) is 20.5 Å². The maximum atomic E-state index is 11.9. The second-order valence-electron chi connectivity index (χ2n) is 12.1. The topological polar surface area (TPSA) is 131 Å². The highest BCUT2D eigenvalue weighted by atomic mass is 16.6. The number of aryl methyl sites for hydroxylation is 1.